The second kappa shape index (κ2) is 22.7. The van der Waals surface area contributed by atoms with Gasteiger partial charge in [-0.3, -0.25) is 4.79 Å². The molecule has 2 aromatic rings. The number of rotatable bonds is 14. The van der Waals surface area contributed by atoms with Crippen molar-refractivity contribution in [1.29, 1.82) is 0 Å². The zero-order valence-electron chi connectivity index (χ0n) is 42.3. The maximum Gasteiger partial charge on any atom is 0.509 e. The summed E-state index contributed by atoms with van der Waals surface area (Å²) in [4.78, 5) is 43.8. The third-order valence-corrected chi connectivity index (χ3v) is 15.1. The summed E-state index contributed by atoms with van der Waals surface area (Å²) in [5.41, 5.74) is -2.62. The van der Waals surface area contributed by atoms with Crippen LogP contribution in [-0.4, -0.2) is 143 Å². The summed E-state index contributed by atoms with van der Waals surface area (Å²) < 4.78 is 63.9. The second-order valence-electron chi connectivity index (χ2n) is 20.6. The minimum atomic E-state index is -1.88. The molecule has 0 radical (unpaired) electrons. The molecule has 4 aliphatic rings. The number of ether oxygens (including phenoxy) is 10. The third-order valence-electron chi connectivity index (χ3n) is 15.1. The molecule has 6 rings (SSSR count). The zero-order chi connectivity index (χ0) is 50.6. The van der Waals surface area contributed by atoms with Gasteiger partial charge in [-0.05, 0) is 77.8 Å². The van der Waals surface area contributed by atoms with Crippen LogP contribution in [0.15, 0.2) is 60.7 Å². The molecule has 8 unspecified atom stereocenters. The Hall–Kier alpha value is -3.91. The van der Waals surface area contributed by atoms with Crippen molar-refractivity contribution in [2.45, 2.75) is 198 Å². The molecule has 1 amide bonds. The van der Waals surface area contributed by atoms with E-state index in [-0.39, 0.29) is 38.4 Å². The normalized spacial score (nSPS) is 38.7. The Kier molecular flexibility index (Phi) is 17.9. The lowest BCUT2D eigenvalue weighted by atomic mass is 9.76. The molecule has 17 heteroatoms. The van der Waals surface area contributed by atoms with E-state index in [0.29, 0.717) is 6.42 Å². The van der Waals surface area contributed by atoms with Crippen molar-refractivity contribution >= 4 is 18.2 Å². The maximum absolute atomic E-state index is 14.7. The van der Waals surface area contributed by atoms with E-state index in [4.69, 9.17) is 47.4 Å². The first kappa shape index (κ1) is 54.4. The van der Waals surface area contributed by atoms with Gasteiger partial charge in [0.15, 0.2) is 18.7 Å². The summed E-state index contributed by atoms with van der Waals surface area (Å²) in [6.45, 7) is 17.7. The summed E-state index contributed by atoms with van der Waals surface area (Å²) in [6, 6.07) is 17.5. The van der Waals surface area contributed by atoms with Gasteiger partial charge in [-0.25, -0.2) is 9.59 Å². The van der Waals surface area contributed by atoms with Crippen molar-refractivity contribution in [2.24, 2.45) is 23.7 Å². The Bertz CT molecular complexity index is 1990. The molecule has 2 aromatic carbocycles. The number of cyclic esters (lactones) is 1. The summed E-state index contributed by atoms with van der Waals surface area (Å²) in [5, 5.41) is 34.3. The van der Waals surface area contributed by atoms with Crippen LogP contribution in [0.25, 0.3) is 0 Å². The number of likely N-dealkylation sites (N-methyl/N-ethyl adjacent to an activating group) is 1. The van der Waals surface area contributed by atoms with Crippen molar-refractivity contribution in [1.82, 2.24) is 4.90 Å². The first-order chi connectivity index (χ1) is 32.5. The number of benzene rings is 2. The number of amides is 1. The van der Waals surface area contributed by atoms with Crippen LogP contribution in [0.5, 0.6) is 0 Å². The monoisotopic (exact) mass is 972 g/mol. The van der Waals surface area contributed by atoms with Gasteiger partial charge in [0.25, 0.3) is 0 Å². The van der Waals surface area contributed by atoms with Gasteiger partial charge in [0, 0.05) is 32.4 Å². The van der Waals surface area contributed by atoms with Crippen molar-refractivity contribution in [3.8, 4) is 0 Å². The number of carbonyl (C=O) groups excluding carboxylic acids is 3. The van der Waals surface area contributed by atoms with E-state index < -0.39 is 126 Å². The maximum atomic E-state index is 14.7. The first-order valence-electron chi connectivity index (χ1n) is 24.5. The smallest absolute Gasteiger partial charge is 0.459 e. The molecule has 4 heterocycles. The van der Waals surface area contributed by atoms with Crippen molar-refractivity contribution < 1.29 is 77.1 Å². The quantitative estimate of drug-likeness (QED) is 0.133. The highest BCUT2D eigenvalue weighted by Gasteiger charge is 2.59. The lowest BCUT2D eigenvalue weighted by Gasteiger charge is -2.49. The average molecular weight is 972 g/mol. The molecule has 0 saturated carbocycles. The predicted octanol–water partition coefficient (Wildman–Crippen LogP) is 6.69. The lowest BCUT2D eigenvalue weighted by molar-refractivity contribution is -0.318. The fraction of sp³-hybridized carbons (Fsp3) is 0.712. The number of carbonyl (C=O) groups is 3. The van der Waals surface area contributed by atoms with E-state index >= 15 is 0 Å². The van der Waals surface area contributed by atoms with E-state index in [1.165, 1.54) is 18.9 Å². The van der Waals surface area contributed by atoms with Gasteiger partial charge in [-0.2, -0.15) is 0 Å². The van der Waals surface area contributed by atoms with Crippen LogP contribution in [0.1, 0.15) is 106 Å². The van der Waals surface area contributed by atoms with E-state index in [0.717, 1.165) is 11.1 Å². The van der Waals surface area contributed by atoms with Crippen LogP contribution in [0.4, 0.5) is 9.59 Å². The molecule has 3 N–H and O–H groups in total. The fourth-order valence-corrected chi connectivity index (χ4v) is 11.0. The van der Waals surface area contributed by atoms with Crippen LogP contribution < -0.4 is 0 Å². The van der Waals surface area contributed by atoms with Crippen LogP contribution >= 0.6 is 0 Å². The third kappa shape index (κ3) is 12.2. The second-order valence-corrected chi connectivity index (χ2v) is 20.6. The summed E-state index contributed by atoms with van der Waals surface area (Å²) in [7, 11) is 3.07. The molecule has 4 aliphatic heterocycles. The standard InChI is InChI=1S/C52H77NO16/c1-13-38(54)52(10,59)45-31(4)40-29(2)25-51(9,69-40)44(32(5)41(33(6)46(56)67-45)65-39-26-50(8,60-12)43(55)34(7)64-39)68-47-42(66-49(58)62-28-36-22-18-15-19-23-36)37(24-30(3)63-47)53(11)48(57)61-27-35-20-16-14-17-21-35/h14-23,29-34,37-45,47,54-55,59H,13,24-28H2,1-12H3/t29?,30?,31-,32-,33+,34?,37?,38+,39-,40?,41-,42?,43-,44+,45+,47-,50?,51?,52+/m0/s1. The van der Waals surface area contributed by atoms with E-state index in [1.807, 2.05) is 95.3 Å². The van der Waals surface area contributed by atoms with Gasteiger partial charge in [0.05, 0.1) is 59.8 Å². The van der Waals surface area contributed by atoms with Crippen LogP contribution in [-0.2, 0) is 65.4 Å². The highest BCUT2D eigenvalue weighted by Crippen LogP contribution is 2.49. The summed E-state index contributed by atoms with van der Waals surface area (Å²) in [6.07, 6.45) is -11.8. The number of esters is 1. The number of aliphatic hydroxyl groups is 3. The number of hydrogen-bond donors (Lipinski definition) is 3. The number of fused-ring (bicyclic) bond motifs is 2. The highest BCUT2D eigenvalue weighted by molar-refractivity contribution is 5.73. The number of nitrogens with zero attached hydrogens (tertiary/aromatic N) is 1. The first-order valence-corrected chi connectivity index (χ1v) is 24.5. The Morgan fingerprint density at radius 1 is 0.884 bits per heavy atom. The summed E-state index contributed by atoms with van der Waals surface area (Å²) >= 11 is 0. The van der Waals surface area contributed by atoms with Crippen LogP contribution in [0, 0.1) is 23.7 Å². The molecule has 17 nitrogen and oxygen atoms in total. The highest BCUT2D eigenvalue weighted by atomic mass is 16.8. The largest absolute Gasteiger partial charge is 0.509 e. The van der Waals surface area contributed by atoms with E-state index in [9.17, 15) is 29.7 Å². The molecule has 386 valence electrons. The Morgan fingerprint density at radius 2 is 1.49 bits per heavy atom. The van der Waals surface area contributed by atoms with Gasteiger partial charge in [0.2, 0.25) is 0 Å². The summed E-state index contributed by atoms with van der Waals surface area (Å²) in [5.74, 6) is -3.38. The van der Waals surface area contributed by atoms with Gasteiger partial charge >= 0.3 is 18.2 Å². The average Bonchev–Trinajstić information content (AvgIpc) is 3.65. The number of methoxy groups -OCH3 is 1. The Morgan fingerprint density at radius 3 is 2.09 bits per heavy atom. The van der Waals surface area contributed by atoms with Gasteiger partial charge < -0.3 is 67.6 Å². The number of hydrogen-bond acceptors (Lipinski definition) is 16. The van der Waals surface area contributed by atoms with Crippen LogP contribution in [0.2, 0.25) is 0 Å². The topological polar surface area (TPSA) is 207 Å². The van der Waals surface area contributed by atoms with Crippen molar-refractivity contribution in [3.63, 3.8) is 0 Å². The van der Waals surface area contributed by atoms with E-state index in [1.54, 1.807) is 34.7 Å². The Labute approximate surface area is 407 Å². The van der Waals surface area contributed by atoms with E-state index in [2.05, 4.69) is 0 Å². The molecule has 19 atom stereocenters. The van der Waals surface area contributed by atoms with Gasteiger partial charge in [0.1, 0.15) is 31.0 Å². The Balaban J connectivity index is 1.42. The van der Waals surface area contributed by atoms with Crippen molar-refractivity contribution in [3.05, 3.63) is 71.8 Å². The van der Waals surface area contributed by atoms with Crippen LogP contribution in [0.3, 0.4) is 0 Å². The minimum absolute atomic E-state index is 0.00208. The molecule has 2 bridgehead atoms. The van der Waals surface area contributed by atoms with Gasteiger partial charge in [-0.1, -0.05) is 88.4 Å². The SMILES string of the molecule is CC[C@@H](O)[C@@](C)(O)[C@@H]1OC(=O)[C@H](C)[C@@H](O[C@H]2CC(C)(OC)[C@@H](O)C(C)O2)[C@H](C)[C@@H](O[C@@H]2OC(C)CC(N(C)C(=O)OCc3ccccc3)C2OC(=O)OCc2ccccc2)C2(C)CC(C)C(O2)[C@@H]1C. The molecular formula is C52H77NO16. The zero-order valence-corrected chi connectivity index (χ0v) is 42.3. The molecular weight excluding hydrogens is 895 g/mol. The van der Waals surface area contributed by atoms with Crippen molar-refractivity contribution in [2.75, 3.05) is 14.2 Å². The predicted molar refractivity (Wildman–Crippen MR) is 250 cm³/mol. The molecule has 0 aliphatic carbocycles. The molecule has 4 saturated heterocycles. The molecule has 0 spiro atoms. The minimum Gasteiger partial charge on any atom is -0.459 e. The fourth-order valence-electron chi connectivity index (χ4n) is 11.0. The van der Waals surface area contributed by atoms with Gasteiger partial charge in [-0.15, -0.1) is 0 Å². The number of aliphatic hydroxyl groups excluding tert-OH is 2. The molecule has 0 aromatic heterocycles. The molecule has 4 fully saturated rings. The lowest BCUT2D eigenvalue weighted by Crippen LogP contribution is -2.61. The molecule has 69 heavy (non-hydrogen) atoms.